The van der Waals surface area contributed by atoms with Gasteiger partial charge in [0.2, 0.25) is 11.8 Å². The van der Waals surface area contributed by atoms with Crippen molar-refractivity contribution in [2.24, 2.45) is 23.7 Å². The van der Waals surface area contributed by atoms with Crippen LogP contribution in [-0.2, 0) is 24.6 Å². The fraction of sp³-hybridized carbons (Fsp3) is 0.250. The molecule has 0 aromatic heterocycles. The van der Waals surface area contributed by atoms with E-state index in [1.54, 1.807) is 36.4 Å². The van der Waals surface area contributed by atoms with E-state index < -0.39 is 46.8 Å². The Morgan fingerprint density at radius 1 is 0.816 bits per heavy atom. The maximum absolute atomic E-state index is 15.2. The van der Waals surface area contributed by atoms with Crippen molar-refractivity contribution in [1.82, 2.24) is 5.01 Å². The first kappa shape index (κ1) is 30.6. The molecule has 6 atom stereocenters. The van der Waals surface area contributed by atoms with E-state index in [1.807, 2.05) is 79.7 Å². The van der Waals surface area contributed by atoms with Crippen molar-refractivity contribution in [3.05, 3.63) is 131 Å². The number of hydrogen-bond acceptors (Lipinski definition) is 7. The Morgan fingerprint density at radius 2 is 1.51 bits per heavy atom. The summed E-state index contributed by atoms with van der Waals surface area (Å²) in [7, 11) is 1.46. The van der Waals surface area contributed by atoms with Crippen LogP contribution in [0.2, 0.25) is 0 Å². The van der Waals surface area contributed by atoms with Crippen molar-refractivity contribution in [3.63, 3.8) is 0 Å². The highest BCUT2D eigenvalue weighted by atomic mass is 16.5. The number of benzene rings is 4. The van der Waals surface area contributed by atoms with Crippen molar-refractivity contribution in [2.45, 2.75) is 31.1 Å². The summed E-state index contributed by atoms with van der Waals surface area (Å²) in [5.74, 6) is -4.66. The summed E-state index contributed by atoms with van der Waals surface area (Å²) in [5.41, 5.74) is 5.91. The van der Waals surface area contributed by atoms with E-state index in [1.165, 1.54) is 12.0 Å². The van der Waals surface area contributed by atoms with Crippen LogP contribution in [0.15, 0.2) is 115 Å². The van der Waals surface area contributed by atoms with E-state index in [0.717, 1.165) is 16.1 Å². The summed E-state index contributed by atoms with van der Waals surface area (Å²) in [5, 5.41) is 12.2. The molecule has 0 spiro atoms. The molecule has 2 N–H and O–H groups in total. The number of methoxy groups -OCH3 is 1. The molecular weight excluding hydrogens is 618 g/mol. The van der Waals surface area contributed by atoms with Gasteiger partial charge in [-0.05, 0) is 73.2 Å². The van der Waals surface area contributed by atoms with Crippen LogP contribution in [-0.4, -0.2) is 40.9 Å². The number of fused-ring (bicyclic) bond motifs is 4. The van der Waals surface area contributed by atoms with Gasteiger partial charge >= 0.3 is 0 Å². The first-order valence-corrected chi connectivity index (χ1v) is 16.5. The van der Waals surface area contributed by atoms with Crippen molar-refractivity contribution >= 4 is 35.0 Å². The van der Waals surface area contributed by atoms with Gasteiger partial charge in [0.1, 0.15) is 0 Å². The Labute approximate surface area is 283 Å². The molecule has 2 aliphatic heterocycles. The van der Waals surface area contributed by atoms with Crippen molar-refractivity contribution in [2.75, 3.05) is 17.4 Å². The summed E-state index contributed by atoms with van der Waals surface area (Å²) in [6, 6.07) is 30.7. The largest absolute Gasteiger partial charge is 0.504 e. The van der Waals surface area contributed by atoms with Crippen LogP contribution in [0.4, 0.5) is 11.4 Å². The zero-order valence-electron chi connectivity index (χ0n) is 27.1. The highest BCUT2D eigenvalue weighted by Gasteiger charge is 2.70. The van der Waals surface area contributed by atoms with Gasteiger partial charge in [-0.2, -0.15) is 5.01 Å². The molecule has 6 unspecified atom stereocenters. The van der Waals surface area contributed by atoms with Crippen LogP contribution in [0, 0.1) is 30.6 Å². The molecule has 3 fully saturated rings. The van der Waals surface area contributed by atoms with Gasteiger partial charge in [0.05, 0.1) is 41.7 Å². The minimum absolute atomic E-state index is 0.107. The number of aryl methyl sites for hydroxylation is 1. The molecular formula is C40H35N3O6. The molecule has 4 aliphatic rings. The van der Waals surface area contributed by atoms with Gasteiger partial charge in [-0.25, -0.2) is 0 Å². The lowest BCUT2D eigenvalue weighted by molar-refractivity contribution is -0.138. The van der Waals surface area contributed by atoms with Gasteiger partial charge in [-0.3, -0.25) is 29.5 Å². The van der Waals surface area contributed by atoms with Crippen molar-refractivity contribution in [3.8, 4) is 11.5 Å². The standard InChI is InChI=1S/C40H35N3O6/c1-23-13-16-26(17-14-23)41-43-37(46)31-22-30-28(18-19-29-34(30)38(47)42(36(29)45)27-11-7-4-8-12-27)35(24-15-20-33(49-2)32(44)21-24)40(31,39(43)48)25-9-5-3-6-10-25/h3-18,20-21,29-31,34-35,41,44H,19,22H2,1-2H3. The third-order valence-corrected chi connectivity index (χ3v) is 10.9. The fourth-order valence-corrected chi connectivity index (χ4v) is 8.84. The SMILES string of the molecule is COc1ccc(C2C3=CCC4C(=O)N(c5ccccc5)C(=O)C4C3CC3C(=O)N(Nc4ccc(C)cc4)C(=O)C32c2ccccc2)cc1O. The molecule has 1 saturated carbocycles. The Hall–Kier alpha value is -5.70. The average molecular weight is 654 g/mol. The molecule has 9 heteroatoms. The number of hydrazine groups is 1. The molecule has 2 heterocycles. The van der Waals surface area contributed by atoms with Gasteiger partial charge in [0.25, 0.3) is 11.8 Å². The molecule has 9 nitrogen and oxygen atoms in total. The van der Waals surface area contributed by atoms with Crippen LogP contribution in [0.1, 0.15) is 35.4 Å². The zero-order valence-corrected chi connectivity index (χ0v) is 27.1. The Kier molecular flexibility index (Phi) is 7.17. The number of imide groups is 2. The summed E-state index contributed by atoms with van der Waals surface area (Å²) < 4.78 is 5.37. The number of rotatable bonds is 6. The van der Waals surface area contributed by atoms with E-state index >= 15 is 4.79 Å². The minimum atomic E-state index is -1.42. The minimum Gasteiger partial charge on any atom is -0.504 e. The molecule has 0 radical (unpaired) electrons. The maximum Gasteiger partial charge on any atom is 0.260 e. The van der Waals surface area contributed by atoms with Gasteiger partial charge in [-0.1, -0.05) is 83.9 Å². The first-order valence-electron chi connectivity index (χ1n) is 16.5. The topological polar surface area (TPSA) is 116 Å². The number of phenols is 1. The molecule has 49 heavy (non-hydrogen) atoms. The molecule has 4 amide bonds. The van der Waals surface area contributed by atoms with Crippen LogP contribution >= 0.6 is 0 Å². The number of carbonyl (C=O) groups excluding carboxylic acids is 4. The van der Waals surface area contributed by atoms with E-state index in [0.29, 0.717) is 28.9 Å². The number of carbonyl (C=O) groups is 4. The highest BCUT2D eigenvalue weighted by Crippen LogP contribution is 2.64. The lowest BCUT2D eigenvalue weighted by Crippen LogP contribution is -2.53. The summed E-state index contributed by atoms with van der Waals surface area (Å²) in [6.07, 6.45) is 2.51. The zero-order chi connectivity index (χ0) is 34.0. The number of aromatic hydroxyl groups is 1. The molecule has 246 valence electrons. The number of para-hydroxylation sites is 1. The second-order valence-electron chi connectivity index (χ2n) is 13.4. The normalized spacial score (nSPS) is 27.4. The number of hydrogen-bond donors (Lipinski definition) is 2. The van der Waals surface area contributed by atoms with Gasteiger partial charge in [0.15, 0.2) is 11.5 Å². The van der Waals surface area contributed by atoms with E-state index in [4.69, 9.17) is 4.74 Å². The molecule has 0 bridgehead atoms. The van der Waals surface area contributed by atoms with Gasteiger partial charge in [-0.15, -0.1) is 0 Å². The second-order valence-corrected chi connectivity index (χ2v) is 13.4. The van der Waals surface area contributed by atoms with Gasteiger partial charge < -0.3 is 9.84 Å². The average Bonchev–Trinajstić information content (AvgIpc) is 3.50. The van der Waals surface area contributed by atoms with Crippen LogP contribution in [0.3, 0.4) is 0 Å². The second kappa shape index (κ2) is 11.5. The Balaban J connectivity index is 1.33. The van der Waals surface area contributed by atoms with Crippen LogP contribution in [0.25, 0.3) is 0 Å². The van der Waals surface area contributed by atoms with Gasteiger partial charge in [0, 0.05) is 5.92 Å². The predicted molar refractivity (Wildman–Crippen MR) is 182 cm³/mol. The number of allylic oxidation sites excluding steroid dienone is 2. The highest BCUT2D eigenvalue weighted by molar-refractivity contribution is 6.22. The van der Waals surface area contributed by atoms with Crippen molar-refractivity contribution in [1.29, 1.82) is 0 Å². The number of ether oxygens (including phenoxy) is 1. The first-order chi connectivity index (χ1) is 23.7. The van der Waals surface area contributed by atoms with E-state index in [9.17, 15) is 19.5 Å². The summed E-state index contributed by atoms with van der Waals surface area (Å²) in [6.45, 7) is 1.96. The quantitative estimate of drug-likeness (QED) is 0.197. The summed E-state index contributed by atoms with van der Waals surface area (Å²) >= 11 is 0. The number of nitrogens with zero attached hydrogens (tertiary/aromatic N) is 2. The Morgan fingerprint density at radius 3 is 2.18 bits per heavy atom. The number of amides is 4. The predicted octanol–water partition coefficient (Wildman–Crippen LogP) is 5.90. The lowest BCUT2D eigenvalue weighted by Gasteiger charge is -2.50. The molecule has 4 aromatic rings. The molecule has 2 saturated heterocycles. The number of nitrogens with one attached hydrogen (secondary N) is 1. The summed E-state index contributed by atoms with van der Waals surface area (Å²) in [4.78, 5) is 59.5. The molecule has 2 aliphatic carbocycles. The third kappa shape index (κ3) is 4.45. The van der Waals surface area contributed by atoms with Crippen molar-refractivity contribution < 1.29 is 29.0 Å². The van der Waals surface area contributed by atoms with E-state index in [-0.39, 0.29) is 29.7 Å². The number of anilines is 2. The maximum atomic E-state index is 15.2. The Bertz CT molecular complexity index is 2030. The van der Waals surface area contributed by atoms with Crippen LogP contribution in [0.5, 0.6) is 11.5 Å². The number of phenolic OH excluding ortho intramolecular Hbond substituents is 1. The fourth-order valence-electron chi connectivity index (χ4n) is 8.84. The van der Waals surface area contributed by atoms with E-state index in [2.05, 4.69) is 5.43 Å². The smallest absolute Gasteiger partial charge is 0.260 e. The lowest BCUT2D eigenvalue weighted by atomic mass is 9.49. The monoisotopic (exact) mass is 653 g/mol. The molecule has 8 rings (SSSR count). The third-order valence-electron chi connectivity index (χ3n) is 10.9. The molecule has 4 aromatic carbocycles. The van der Waals surface area contributed by atoms with Crippen LogP contribution < -0.4 is 15.1 Å².